The molecule has 4 aromatic rings. The third kappa shape index (κ3) is 2.89. The Kier molecular flexibility index (Phi) is 4.04. The molecule has 0 aliphatic carbocycles. The summed E-state index contributed by atoms with van der Waals surface area (Å²) in [6.45, 7) is 3.29. The van der Waals surface area contributed by atoms with Gasteiger partial charge < -0.3 is 8.83 Å². The number of hydrogen-bond acceptors (Lipinski definition) is 6. The fourth-order valence-corrected chi connectivity index (χ4v) is 2.87. The van der Waals surface area contributed by atoms with Crippen molar-refractivity contribution in [2.45, 2.75) is 13.8 Å². The molecule has 1 N–H and O–H groups in total. The number of benzene rings is 2. The minimum absolute atomic E-state index is 0.0732. The molecule has 27 heavy (non-hydrogen) atoms. The van der Waals surface area contributed by atoms with Gasteiger partial charge in [0.1, 0.15) is 28.4 Å². The van der Waals surface area contributed by atoms with Crippen molar-refractivity contribution in [3.05, 3.63) is 80.5 Å². The SMILES string of the molecule is Cc1oc2ccccc2c(=O)c1N=NNc1c(C)oc2ccccc2c1=O. The number of rotatable bonds is 3. The Morgan fingerprint density at radius 2 is 1.33 bits per heavy atom. The average Bonchev–Trinajstić information content (AvgIpc) is 2.66. The topological polar surface area (TPSA) is 97.2 Å². The smallest absolute Gasteiger partial charge is 0.220 e. The fraction of sp³-hybridized carbons (Fsp3) is 0.100. The van der Waals surface area contributed by atoms with Crippen LogP contribution in [0.4, 0.5) is 11.4 Å². The van der Waals surface area contributed by atoms with Crippen molar-refractivity contribution in [1.29, 1.82) is 0 Å². The molecule has 0 aliphatic rings. The summed E-state index contributed by atoms with van der Waals surface area (Å²) in [6.07, 6.45) is 0. The molecular weight excluding hydrogens is 346 g/mol. The summed E-state index contributed by atoms with van der Waals surface area (Å²) in [7, 11) is 0. The minimum atomic E-state index is -0.290. The van der Waals surface area contributed by atoms with E-state index < -0.39 is 0 Å². The van der Waals surface area contributed by atoms with Gasteiger partial charge in [-0.2, -0.15) is 0 Å². The van der Waals surface area contributed by atoms with Crippen LogP contribution in [0.5, 0.6) is 0 Å². The van der Waals surface area contributed by atoms with Crippen molar-refractivity contribution in [1.82, 2.24) is 0 Å². The van der Waals surface area contributed by atoms with E-state index in [2.05, 4.69) is 15.8 Å². The highest BCUT2D eigenvalue weighted by molar-refractivity contribution is 5.80. The van der Waals surface area contributed by atoms with Crippen LogP contribution in [0.15, 0.2) is 77.3 Å². The van der Waals surface area contributed by atoms with Crippen LogP contribution in [-0.2, 0) is 0 Å². The van der Waals surface area contributed by atoms with Crippen molar-refractivity contribution in [3.63, 3.8) is 0 Å². The molecule has 0 atom stereocenters. The van der Waals surface area contributed by atoms with Crippen LogP contribution >= 0.6 is 0 Å². The molecule has 0 fully saturated rings. The summed E-state index contributed by atoms with van der Waals surface area (Å²) in [6, 6.07) is 13.8. The van der Waals surface area contributed by atoms with Crippen molar-refractivity contribution in [3.8, 4) is 0 Å². The molecule has 0 radical (unpaired) electrons. The molecule has 0 unspecified atom stereocenters. The summed E-state index contributed by atoms with van der Waals surface area (Å²) < 4.78 is 11.3. The second kappa shape index (κ2) is 6.53. The summed E-state index contributed by atoms with van der Waals surface area (Å²) >= 11 is 0. The van der Waals surface area contributed by atoms with E-state index in [1.165, 1.54) is 0 Å². The Bertz CT molecular complexity index is 1320. The number of hydrogen-bond donors (Lipinski definition) is 1. The van der Waals surface area contributed by atoms with E-state index in [1.54, 1.807) is 62.4 Å². The van der Waals surface area contributed by atoms with E-state index >= 15 is 0 Å². The Labute approximate surface area is 152 Å². The summed E-state index contributed by atoms with van der Waals surface area (Å²) in [4.78, 5) is 25.2. The van der Waals surface area contributed by atoms with Crippen LogP contribution in [0.3, 0.4) is 0 Å². The third-order valence-electron chi connectivity index (χ3n) is 4.23. The van der Waals surface area contributed by atoms with Crippen LogP contribution in [0.1, 0.15) is 11.5 Å². The molecule has 7 heteroatoms. The summed E-state index contributed by atoms with van der Waals surface area (Å²) in [5.74, 6) is 0.714. The molecule has 0 bridgehead atoms. The number of aryl methyl sites for hydroxylation is 2. The highest BCUT2D eigenvalue weighted by atomic mass is 16.3. The van der Waals surface area contributed by atoms with Gasteiger partial charge in [-0.15, -0.1) is 5.11 Å². The molecule has 7 nitrogen and oxygen atoms in total. The molecule has 0 amide bonds. The lowest BCUT2D eigenvalue weighted by atomic mass is 10.2. The number of nitrogens with one attached hydrogen (secondary N) is 1. The van der Waals surface area contributed by atoms with Crippen molar-refractivity contribution < 1.29 is 8.83 Å². The highest BCUT2D eigenvalue weighted by Crippen LogP contribution is 2.22. The maximum Gasteiger partial charge on any atom is 0.220 e. The van der Waals surface area contributed by atoms with Crippen molar-refractivity contribution >= 4 is 33.3 Å². The van der Waals surface area contributed by atoms with E-state index in [0.717, 1.165) is 0 Å². The van der Waals surface area contributed by atoms with Crippen molar-refractivity contribution in [2.24, 2.45) is 10.3 Å². The number of anilines is 1. The first-order chi connectivity index (χ1) is 13.1. The lowest BCUT2D eigenvalue weighted by Gasteiger charge is -2.05. The van der Waals surface area contributed by atoms with Crippen LogP contribution in [0.2, 0.25) is 0 Å². The first kappa shape index (κ1) is 16.7. The van der Waals surface area contributed by atoms with Gasteiger partial charge in [0.25, 0.3) is 0 Å². The van der Waals surface area contributed by atoms with Crippen LogP contribution < -0.4 is 16.3 Å². The summed E-state index contributed by atoms with van der Waals surface area (Å²) in [5, 5.41) is 8.61. The second-order valence-electron chi connectivity index (χ2n) is 6.00. The van der Waals surface area contributed by atoms with E-state index in [9.17, 15) is 9.59 Å². The lowest BCUT2D eigenvalue weighted by Crippen LogP contribution is -2.10. The molecule has 2 aromatic heterocycles. The van der Waals surface area contributed by atoms with E-state index in [1.807, 2.05) is 0 Å². The van der Waals surface area contributed by atoms with Gasteiger partial charge in [-0.05, 0) is 38.1 Å². The molecule has 2 heterocycles. The molecule has 134 valence electrons. The van der Waals surface area contributed by atoms with Crippen LogP contribution in [0.25, 0.3) is 21.9 Å². The fourth-order valence-electron chi connectivity index (χ4n) is 2.87. The third-order valence-corrected chi connectivity index (χ3v) is 4.23. The monoisotopic (exact) mass is 361 g/mol. The largest absolute Gasteiger partial charge is 0.459 e. The average molecular weight is 361 g/mol. The minimum Gasteiger partial charge on any atom is -0.459 e. The van der Waals surface area contributed by atoms with Gasteiger partial charge >= 0.3 is 0 Å². The maximum absolute atomic E-state index is 12.6. The molecule has 0 spiro atoms. The van der Waals surface area contributed by atoms with Crippen LogP contribution in [0, 0.1) is 13.8 Å². The number of para-hydroxylation sites is 2. The molecular formula is C20H15N3O4. The highest BCUT2D eigenvalue weighted by Gasteiger charge is 2.12. The first-order valence-corrected chi connectivity index (χ1v) is 8.28. The standard InChI is InChI=1S/C20H15N3O4/c1-11-17(19(24)13-7-3-5-9-15(13)26-11)21-23-22-18-12(2)27-16-10-6-4-8-14(16)20(18)25/h3-10H,1-2H3,(H,21,22). The molecule has 0 saturated carbocycles. The zero-order valence-electron chi connectivity index (χ0n) is 14.6. The van der Waals surface area contributed by atoms with Gasteiger partial charge in [0, 0.05) is 0 Å². The normalized spacial score (nSPS) is 11.5. The second-order valence-corrected chi connectivity index (χ2v) is 6.00. The Morgan fingerprint density at radius 1 is 0.778 bits per heavy atom. The van der Waals surface area contributed by atoms with Crippen LogP contribution in [-0.4, -0.2) is 0 Å². The zero-order chi connectivity index (χ0) is 19.0. The Hall–Kier alpha value is -3.74. The van der Waals surface area contributed by atoms with Gasteiger partial charge in [-0.3, -0.25) is 15.0 Å². The van der Waals surface area contributed by atoms with Gasteiger partial charge in [0.05, 0.1) is 10.8 Å². The Balaban J connectivity index is 1.74. The van der Waals surface area contributed by atoms with Crippen molar-refractivity contribution in [2.75, 3.05) is 5.43 Å². The maximum atomic E-state index is 12.6. The number of nitrogens with zero attached hydrogens (tertiary/aromatic N) is 2. The van der Waals surface area contributed by atoms with E-state index in [-0.39, 0.29) is 22.2 Å². The van der Waals surface area contributed by atoms with Gasteiger partial charge in [0.15, 0.2) is 5.69 Å². The van der Waals surface area contributed by atoms with E-state index in [4.69, 9.17) is 8.83 Å². The predicted molar refractivity (Wildman–Crippen MR) is 103 cm³/mol. The van der Waals surface area contributed by atoms with E-state index in [0.29, 0.717) is 33.5 Å². The zero-order valence-corrected chi connectivity index (χ0v) is 14.6. The molecule has 2 aromatic carbocycles. The predicted octanol–water partition coefficient (Wildman–Crippen LogP) is 4.63. The quantitative estimate of drug-likeness (QED) is 0.424. The van der Waals surface area contributed by atoms with Gasteiger partial charge in [-0.25, -0.2) is 0 Å². The Morgan fingerprint density at radius 3 is 2.00 bits per heavy atom. The molecule has 0 saturated heterocycles. The number of fused-ring (bicyclic) bond motifs is 2. The van der Waals surface area contributed by atoms with Gasteiger partial charge in [0.2, 0.25) is 10.9 Å². The lowest BCUT2D eigenvalue weighted by molar-refractivity contribution is 0.564. The molecule has 0 aliphatic heterocycles. The van der Waals surface area contributed by atoms with Gasteiger partial charge in [-0.1, -0.05) is 29.5 Å². The first-order valence-electron chi connectivity index (χ1n) is 8.28. The molecule has 4 rings (SSSR count). The summed E-state index contributed by atoms with van der Waals surface area (Å²) in [5.41, 5.74) is 3.27.